The number of pyridine rings is 4. The van der Waals surface area contributed by atoms with Crippen LogP contribution in [0.1, 0.15) is 64.3 Å². The Kier molecular flexibility index (Phi) is 29.6. The van der Waals surface area contributed by atoms with Gasteiger partial charge in [0.05, 0.1) is 22.8 Å². The van der Waals surface area contributed by atoms with Gasteiger partial charge in [-0.2, -0.15) is 0 Å². The Morgan fingerprint density at radius 2 is 0.596 bits per heavy atom. The van der Waals surface area contributed by atoms with Crippen molar-refractivity contribution in [1.29, 1.82) is 0 Å². The molecular weight excluding hydrogens is 817 g/mol. The van der Waals surface area contributed by atoms with Crippen LogP contribution in [0.15, 0.2) is 97.6 Å². The van der Waals surface area contributed by atoms with Crippen LogP contribution in [0.2, 0.25) is 0 Å². The van der Waals surface area contributed by atoms with E-state index in [0.717, 1.165) is 49.0 Å². The van der Waals surface area contributed by atoms with Gasteiger partial charge in [-0.1, -0.05) is 24.3 Å². The van der Waals surface area contributed by atoms with Crippen LogP contribution in [0.4, 0.5) is 0 Å². The maximum Gasteiger partial charge on any atom is 3.00 e. The average molecular weight is 861 g/mol. The largest absolute Gasteiger partial charge is 3.00 e. The van der Waals surface area contributed by atoms with Crippen molar-refractivity contribution in [3.05, 3.63) is 120 Å². The van der Waals surface area contributed by atoms with Crippen molar-refractivity contribution in [1.82, 2.24) is 29.7 Å². The van der Waals surface area contributed by atoms with Gasteiger partial charge in [0.15, 0.2) is 0 Å². The van der Waals surface area contributed by atoms with Crippen molar-refractivity contribution in [2.45, 2.75) is 78.8 Å². The monoisotopic (exact) mass is 858 g/mol. The molecule has 2 radical (unpaired) electrons. The summed E-state index contributed by atoms with van der Waals surface area (Å²) >= 11 is 0. The molecule has 0 atom stereocenters. The minimum Gasteiger partial charge on any atom is -0.870 e. The minimum absolute atomic E-state index is 0. The van der Waals surface area contributed by atoms with Gasteiger partial charge in [0, 0.05) is 62.0 Å². The molecule has 0 unspecified atom stereocenters. The van der Waals surface area contributed by atoms with Gasteiger partial charge in [-0.05, 0) is 90.1 Å². The molecule has 0 aliphatic rings. The van der Waals surface area contributed by atoms with Gasteiger partial charge in [-0.3, -0.25) is 29.7 Å². The van der Waals surface area contributed by atoms with E-state index in [1.54, 1.807) is 0 Å². The van der Waals surface area contributed by atoms with E-state index >= 15 is 0 Å². The molecule has 0 bridgehead atoms. The van der Waals surface area contributed by atoms with Crippen LogP contribution in [0.3, 0.4) is 0 Å². The summed E-state index contributed by atoms with van der Waals surface area (Å²) in [6.07, 6.45) is 7.38. The van der Waals surface area contributed by atoms with Gasteiger partial charge in [0.2, 0.25) is 0 Å². The van der Waals surface area contributed by atoms with Crippen molar-refractivity contribution in [2.75, 3.05) is 0 Å². The van der Waals surface area contributed by atoms with E-state index in [2.05, 4.69) is 95.5 Å². The minimum atomic E-state index is -4.94. The predicted molar refractivity (Wildman–Crippen MR) is 159 cm³/mol. The van der Waals surface area contributed by atoms with E-state index in [4.69, 9.17) is 37.3 Å². The molecule has 2 N–H and O–H groups in total. The smallest absolute Gasteiger partial charge is 0.870 e. The summed E-state index contributed by atoms with van der Waals surface area (Å²) < 4.78 is 67.9. The Labute approximate surface area is 329 Å². The fourth-order valence-corrected chi connectivity index (χ4v) is 3.81. The molecule has 0 aromatic carbocycles. The third-order valence-corrected chi connectivity index (χ3v) is 6.21. The maximum absolute atomic E-state index is 8.49. The number of hydrogen-bond donors (Lipinski definition) is 0. The molecule has 4 rings (SSSR count). The van der Waals surface area contributed by atoms with Crippen molar-refractivity contribution < 1.29 is 102 Å². The average Bonchev–Trinajstić information content (AvgIpc) is 2.96. The zero-order valence-electron chi connectivity index (χ0n) is 29.3. The molecule has 16 nitrogen and oxygen atoms in total. The first-order valence-corrected chi connectivity index (χ1v) is 16.9. The molecular formula is C32H44Cl2N6Ni2O10+2. The second-order valence-corrected chi connectivity index (χ2v) is 13.6. The topological polar surface area (TPSA) is 303 Å². The first kappa shape index (κ1) is 56.4. The van der Waals surface area contributed by atoms with Crippen LogP contribution in [0, 0.1) is 20.5 Å². The molecule has 0 saturated heterocycles. The third kappa shape index (κ3) is 31.2. The first-order valence-electron chi connectivity index (χ1n) is 14.4. The molecule has 294 valence electrons. The molecule has 0 aliphatic heterocycles. The zero-order valence-corrected chi connectivity index (χ0v) is 32.8. The summed E-state index contributed by atoms with van der Waals surface area (Å²) in [6.45, 7) is 16.7. The Hall–Kier alpha value is -2.31. The third-order valence-electron chi connectivity index (χ3n) is 6.21. The van der Waals surface area contributed by atoms with Gasteiger partial charge in [0.1, 0.15) is 0 Å². The Morgan fingerprint density at radius 3 is 0.712 bits per heavy atom. The van der Waals surface area contributed by atoms with Crippen LogP contribution in [0.5, 0.6) is 0 Å². The summed E-state index contributed by atoms with van der Waals surface area (Å²) in [4.78, 5) is 22.4. The van der Waals surface area contributed by atoms with E-state index in [1.165, 1.54) is 0 Å². The fourth-order valence-electron chi connectivity index (χ4n) is 3.81. The number of halogens is 2. The molecule has 4 aromatic heterocycles. The number of aromatic nitrogens is 4. The number of hydrogen-bond acceptors (Lipinski definition) is 16. The van der Waals surface area contributed by atoms with E-state index in [-0.39, 0.29) is 55.0 Å². The fraction of sp³-hybridized carbons (Fsp3) is 0.375. The first-order chi connectivity index (χ1) is 22.1. The second kappa shape index (κ2) is 27.3. The van der Waals surface area contributed by atoms with Crippen LogP contribution < -0.4 is 37.3 Å². The van der Waals surface area contributed by atoms with E-state index in [1.807, 2.05) is 73.3 Å². The van der Waals surface area contributed by atoms with Gasteiger partial charge < -0.3 is 11.0 Å². The van der Waals surface area contributed by atoms with Crippen LogP contribution >= 0.6 is 0 Å². The number of nitrogens with zero attached hydrogens (tertiary/aromatic N) is 6. The van der Waals surface area contributed by atoms with E-state index < -0.39 is 20.5 Å². The van der Waals surface area contributed by atoms with Crippen LogP contribution in [0.25, 0.3) is 0 Å². The van der Waals surface area contributed by atoms with E-state index in [0.29, 0.717) is 0 Å². The summed E-state index contributed by atoms with van der Waals surface area (Å²) in [6, 6.07) is 24.2. The van der Waals surface area contributed by atoms with Crippen molar-refractivity contribution in [3.63, 3.8) is 0 Å². The summed E-state index contributed by atoms with van der Waals surface area (Å²) in [5.41, 5.74) is 4.52. The Balaban J connectivity index is -0.000000332. The van der Waals surface area contributed by atoms with Crippen LogP contribution in [-0.4, -0.2) is 51.8 Å². The molecule has 4 aromatic rings. The molecule has 20 heteroatoms. The van der Waals surface area contributed by atoms with E-state index in [9.17, 15) is 0 Å². The number of rotatable bonds is 8. The van der Waals surface area contributed by atoms with Crippen molar-refractivity contribution in [3.8, 4) is 0 Å². The zero-order chi connectivity index (χ0) is 36.4. The Bertz CT molecular complexity index is 1200. The van der Waals surface area contributed by atoms with Crippen LogP contribution in [-0.2, 0) is 59.2 Å². The van der Waals surface area contributed by atoms with Gasteiger partial charge in [-0.15, -0.1) is 20.5 Å². The van der Waals surface area contributed by atoms with Gasteiger partial charge in [-0.25, -0.2) is 37.3 Å². The molecule has 0 aliphatic carbocycles. The SMILES string of the molecule is CC(C)(C)N(Cc1ccccn1)Cc1ccccn1.CC(C)(C)N(Cc1ccccn1)Cc1ccccn1.[Ni+3].[Ni+3].[O-][Cl+3]([O-])([O-])[O-].[O-][Cl+3]([O-])([O-])[O-].[OH-].[OH-]. The maximum atomic E-state index is 8.49. The molecule has 0 fully saturated rings. The summed E-state index contributed by atoms with van der Waals surface area (Å²) in [7, 11) is -9.89. The van der Waals surface area contributed by atoms with Gasteiger partial charge >= 0.3 is 33.0 Å². The predicted octanol–water partition coefficient (Wildman–Crippen LogP) is -3.32. The summed E-state index contributed by atoms with van der Waals surface area (Å²) in [5.74, 6) is 0. The molecule has 4 heterocycles. The summed E-state index contributed by atoms with van der Waals surface area (Å²) in [5, 5.41) is 0. The molecule has 0 amide bonds. The van der Waals surface area contributed by atoms with Crippen molar-refractivity contribution in [2.24, 2.45) is 0 Å². The second-order valence-electron chi connectivity index (χ2n) is 12.1. The normalized spacial score (nSPS) is 10.9. The molecule has 52 heavy (non-hydrogen) atoms. The van der Waals surface area contributed by atoms with Gasteiger partial charge in [0.25, 0.3) is 0 Å². The Morgan fingerprint density at radius 1 is 0.423 bits per heavy atom. The van der Waals surface area contributed by atoms with Crippen molar-refractivity contribution >= 4 is 0 Å². The standard InChI is InChI=1S/2C16H21N3.2ClHO4.2Ni.2H2O/c2*1-16(2,3)19(12-14-8-4-6-10-17-14)13-15-9-5-7-11-18-15;2*2-1(3,4)5;;;;/h2*4-11H,12-13H2,1-3H3;2*(H,2,3,4,5);;;2*1H2/q;;;;2*+3;;/p-4. The quantitative estimate of drug-likeness (QED) is 0.157. The molecule has 0 spiro atoms. The molecule has 0 saturated carbocycles.